The second-order valence-corrected chi connectivity index (χ2v) is 4.22. The maximum absolute atomic E-state index is 9.25. The molecule has 1 saturated heterocycles. The average Bonchev–Trinajstić information content (AvgIpc) is 2.47. The molecule has 2 atom stereocenters. The Balaban J connectivity index is 1.80. The lowest BCUT2D eigenvalue weighted by atomic mass is 9.76. The summed E-state index contributed by atoms with van der Waals surface area (Å²) in [6, 6.07) is 2.34. The Morgan fingerprint density at radius 2 is 2.36 bits per heavy atom. The molecule has 2 fully saturated rings. The Hall–Kier alpha value is -0.630. The molecule has 1 saturated carbocycles. The van der Waals surface area contributed by atoms with Crippen LogP contribution in [-0.2, 0) is 4.84 Å². The number of β-amino-alcohol motifs (C(OH)–C–C–N with tert-alkyl or cyclic N) is 1. The number of hydroxylamine groups is 2. The van der Waals surface area contributed by atoms with E-state index in [0.29, 0.717) is 25.6 Å². The summed E-state index contributed by atoms with van der Waals surface area (Å²) < 4.78 is 0. The molecule has 0 radical (unpaired) electrons. The summed E-state index contributed by atoms with van der Waals surface area (Å²) in [5.74, 6) is 0.635. The fourth-order valence-corrected chi connectivity index (χ4v) is 2.02. The predicted molar refractivity (Wildman–Crippen MR) is 50.0 cm³/mol. The molecule has 2 aliphatic rings. The second-order valence-electron chi connectivity index (χ2n) is 4.22. The van der Waals surface area contributed by atoms with Crippen molar-refractivity contribution in [1.82, 2.24) is 5.06 Å². The second kappa shape index (κ2) is 4.26. The van der Waals surface area contributed by atoms with Crippen LogP contribution in [0.2, 0.25) is 0 Å². The van der Waals surface area contributed by atoms with E-state index in [0.717, 1.165) is 0 Å². The van der Waals surface area contributed by atoms with E-state index in [1.54, 1.807) is 5.06 Å². The van der Waals surface area contributed by atoms with Crippen LogP contribution in [0.1, 0.15) is 19.3 Å². The van der Waals surface area contributed by atoms with Crippen LogP contribution in [0, 0.1) is 23.2 Å². The van der Waals surface area contributed by atoms with Crippen molar-refractivity contribution < 1.29 is 9.94 Å². The van der Waals surface area contributed by atoms with E-state index < -0.39 is 0 Å². The number of hydrogen-bond donors (Lipinski definition) is 1. The highest BCUT2D eigenvalue weighted by Gasteiger charge is 2.31. The van der Waals surface area contributed by atoms with Gasteiger partial charge in [0.2, 0.25) is 0 Å². The van der Waals surface area contributed by atoms with Crippen LogP contribution in [0.5, 0.6) is 0 Å². The Kier molecular flexibility index (Phi) is 3.02. The van der Waals surface area contributed by atoms with E-state index in [1.807, 2.05) is 0 Å². The Labute approximate surface area is 84.0 Å². The van der Waals surface area contributed by atoms with Gasteiger partial charge in [0, 0.05) is 6.54 Å². The van der Waals surface area contributed by atoms with Gasteiger partial charge in [-0.3, -0.25) is 4.84 Å². The van der Waals surface area contributed by atoms with Gasteiger partial charge in [-0.1, -0.05) is 6.42 Å². The van der Waals surface area contributed by atoms with Crippen LogP contribution < -0.4 is 0 Å². The van der Waals surface area contributed by atoms with Crippen molar-refractivity contribution in [3.63, 3.8) is 0 Å². The average molecular weight is 196 g/mol. The number of nitrogens with zero attached hydrogens (tertiary/aromatic N) is 2. The van der Waals surface area contributed by atoms with Gasteiger partial charge in [0.1, 0.15) is 0 Å². The zero-order chi connectivity index (χ0) is 9.97. The third-order valence-corrected chi connectivity index (χ3v) is 3.15. The largest absolute Gasteiger partial charge is 0.389 e. The Morgan fingerprint density at radius 3 is 2.79 bits per heavy atom. The Bertz CT molecular complexity index is 235. The molecule has 0 aromatic rings. The molecule has 0 bridgehead atoms. The zero-order valence-electron chi connectivity index (χ0n) is 8.22. The van der Waals surface area contributed by atoms with Gasteiger partial charge in [-0.05, 0) is 18.8 Å². The van der Waals surface area contributed by atoms with Crippen molar-refractivity contribution in [3.8, 4) is 6.07 Å². The molecular formula is C10H16N2O2. The standard InChI is InChI=1S/C10H16N2O2/c11-4-9(8-2-1-3-8)5-12-6-10(13)7-14-12/h8-10,13H,1-3,5-7H2. The van der Waals surface area contributed by atoms with Crippen LogP contribution in [0.25, 0.3) is 0 Å². The van der Waals surface area contributed by atoms with E-state index in [4.69, 9.17) is 10.1 Å². The van der Waals surface area contributed by atoms with Gasteiger partial charge in [0.05, 0.1) is 31.2 Å². The molecule has 2 unspecified atom stereocenters. The fourth-order valence-electron chi connectivity index (χ4n) is 2.02. The van der Waals surface area contributed by atoms with Gasteiger partial charge >= 0.3 is 0 Å². The smallest absolute Gasteiger partial charge is 0.0958 e. The molecule has 1 aliphatic heterocycles. The molecule has 1 aliphatic carbocycles. The van der Waals surface area contributed by atoms with Gasteiger partial charge < -0.3 is 5.11 Å². The SMILES string of the molecule is N#CC(CN1CC(O)CO1)C1CCC1. The third kappa shape index (κ3) is 2.06. The minimum Gasteiger partial charge on any atom is -0.389 e. The molecule has 4 nitrogen and oxygen atoms in total. The number of nitriles is 1. The first-order chi connectivity index (χ1) is 6.79. The van der Waals surface area contributed by atoms with Crippen LogP contribution in [-0.4, -0.2) is 36.0 Å². The summed E-state index contributed by atoms with van der Waals surface area (Å²) in [5.41, 5.74) is 0. The number of hydrogen-bond acceptors (Lipinski definition) is 4. The van der Waals surface area contributed by atoms with E-state index in [9.17, 15) is 5.11 Å². The van der Waals surface area contributed by atoms with E-state index in [1.165, 1.54) is 19.3 Å². The third-order valence-electron chi connectivity index (χ3n) is 3.15. The first-order valence-corrected chi connectivity index (χ1v) is 5.25. The lowest BCUT2D eigenvalue weighted by Gasteiger charge is -2.31. The summed E-state index contributed by atoms with van der Waals surface area (Å²) in [7, 11) is 0. The maximum atomic E-state index is 9.25. The molecule has 0 amide bonds. The summed E-state index contributed by atoms with van der Waals surface area (Å²) in [5, 5.41) is 20.0. The predicted octanol–water partition coefficient (Wildman–Crippen LogP) is 0.534. The first kappa shape index (κ1) is 9.91. The van der Waals surface area contributed by atoms with Crippen LogP contribution in [0.15, 0.2) is 0 Å². The first-order valence-electron chi connectivity index (χ1n) is 5.25. The molecular weight excluding hydrogens is 180 g/mol. The van der Waals surface area contributed by atoms with Gasteiger partial charge in [-0.25, -0.2) is 0 Å². The van der Waals surface area contributed by atoms with Gasteiger partial charge in [-0.15, -0.1) is 0 Å². The highest BCUT2D eigenvalue weighted by Crippen LogP contribution is 2.33. The molecule has 1 heterocycles. The van der Waals surface area contributed by atoms with E-state index in [-0.39, 0.29) is 12.0 Å². The molecule has 4 heteroatoms. The molecule has 1 N–H and O–H groups in total. The van der Waals surface area contributed by atoms with Crippen molar-refractivity contribution in [2.45, 2.75) is 25.4 Å². The molecule has 0 spiro atoms. The van der Waals surface area contributed by atoms with Crippen LogP contribution in [0.4, 0.5) is 0 Å². The molecule has 78 valence electrons. The minimum absolute atomic E-state index is 0.0778. The zero-order valence-corrected chi connectivity index (χ0v) is 8.22. The normalized spacial score (nSPS) is 31.0. The molecule has 0 aromatic carbocycles. The monoisotopic (exact) mass is 196 g/mol. The lowest BCUT2D eigenvalue weighted by Crippen LogP contribution is -2.33. The van der Waals surface area contributed by atoms with Crippen molar-refractivity contribution >= 4 is 0 Å². The van der Waals surface area contributed by atoms with Gasteiger partial charge in [0.15, 0.2) is 0 Å². The van der Waals surface area contributed by atoms with E-state index >= 15 is 0 Å². The maximum Gasteiger partial charge on any atom is 0.0958 e. The molecule has 2 rings (SSSR count). The van der Waals surface area contributed by atoms with E-state index in [2.05, 4.69) is 6.07 Å². The summed E-state index contributed by atoms with van der Waals surface area (Å²) in [6.45, 7) is 1.58. The quantitative estimate of drug-likeness (QED) is 0.715. The van der Waals surface area contributed by atoms with Crippen LogP contribution >= 0.6 is 0 Å². The summed E-state index contributed by atoms with van der Waals surface area (Å²) >= 11 is 0. The number of aliphatic hydroxyl groups excluding tert-OH is 1. The molecule has 14 heavy (non-hydrogen) atoms. The molecule has 0 aromatic heterocycles. The van der Waals surface area contributed by atoms with Crippen LogP contribution in [0.3, 0.4) is 0 Å². The van der Waals surface area contributed by atoms with Crippen molar-refractivity contribution in [2.75, 3.05) is 19.7 Å². The van der Waals surface area contributed by atoms with Crippen molar-refractivity contribution in [2.24, 2.45) is 11.8 Å². The highest BCUT2D eigenvalue weighted by molar-refractivity contribution is 4.93. The van der Waals surface area contributed by atoms with Crippen molar-refractivity contribution in [1.29, 1.82) is 5.26 Å². The lowest BCUT2D eigenvalue weighted by molar-refractivity contribution is -0.120. The minimum atomic E-state index is -0.379. The summed E-state index contributed by atoms with van der Waals surface area (Å²) in [6.07, 6.45) is 3.23. The summed E-state index contributed by atoms with van der Waals surface area (Å²) in [4.78, 5) is 5.25. The fraction of sp³-hybridized carbons (Fsp3) is 0.900. The van der Waals surface area contributed by atoms with Crippen molar-refractivity contribution in [3.05, 3.63) is 0 Å². The Morgan fingerprint density at radius 1 is 1.57 bits per heavy atom. The van der Waals surface area contributed by atoms with Gasteiger partial charge in [0.25, 0.3) is 0 Å². The highest BCUT2D eigenvalue weighted by atomic mass is 16.7. The van der Waals surface area contributed by atoms with Gasteiger partial charge in [-0.2, -0.15) is 10.3 Å². The number of aliphatic hydroxyl groups is 1. The topological polar surface area (TPSA) is 56.5 Å². The number of rotatable bonds is 3.